The zero-order chi connectivity index (χ0) is 14.5. The summed E-state index contributed by atoms with van der Waals surface area (Å²) in [5.74, 6) is 0.0227. The molecule has 0 bridgehead atoms. The molecular weight excluding hydrogens is 290 g/mol. The van der Waals surface area contributed by atoms with Gasteiger partial charge in [0.15, 0.2) is 0 Å². The Bertz CT molecular complexity index is 490. The van der Waals surface area contributed by atoms with Crippen LogP contribution in [0.5, 0.6) is 0 Å². The molecule has 21 heavy (non-hydrogen) atoms. The SMILES string of the molecule is CCC(=O)Nc1ccc(NC(=O)C2CCC(N)C2)cc1.Cl. The summed E-state index contributed by atoms with van der Waals surface area (Å²) in [6.07, 6.45) is 2.98. The molecule has 1 fully saturated rings. The van der Waals surface area contributed by atoms with Crippen molar-refractivity contribution >= 4 is 35.6 Å². The Morgan fingerprint density at radius 1 is 1.14 bits per heavy atom. The van der Waals surface area contributed by atoms with Gasteiger partial charge in [-0.1, -0.05) is 6.92 Å². The third kappa shape index (κ3) is 5.02. The van der Waals surface area contributed by atoms with E-state index in [-0.39, 0.29) is 36.2 Å². The largest absolute Gasteiger partial charge is 0.328 e. The Morgan fingerprint density at radius 2 is 1.71 bits per heavy atom. The standard InChI is InChI=1S/C15H21N3O2.ClH/c1-2-14(19)17-12-5-7-13(8-6-12)18-15(20)10-3-4-11(16)9-10;/h5-8,10-11H,2-4,9,16H2,1H3,(H,17,19)(H,18,20);1H. The number of halogens is 1. The Labute approximate surface area is 131 Å². The fourth-order valence-electron chi connectivity index (χ4n) is 2.39. The van der Waals surface area contributed by atoms with Crippen LogP contribution in [0.3, 0.4) is 0 Å². The highest BCUT2D eigenvalue weighted by Gasteiger charge is 2.27. The number of amides is 2. The normalized spacial score (nSPS) is 20.5. The maximum atomic E-state index is 12.0. The number of benzene rings is 1. The Balaban J connectivity index is 0.00000220. The van der Waals surface area contributed by atoms with E-state index in [1.165, 1.54) is 0 Å². The molecule has 0 aromatic heterocycles. The molecule has 0 aliphatic heterocycles. The van der Waals surface area contributed by atoms with E-state index in [0.29, 0.717) is 6.42 Å². The van der Waals surface area contributed by atoms with E-state index >= 15 is 0 Å². The number of hydrogen-bond acceptors (Lipinski definition) is 3. The van der Waals surface area contributed by atoms with E-state index in [1.807, 2.05) is 0 Å². The minimum Gasteiger partial charge on any atom is -0.328 e. The van der Waals surface area contributed by atoms with E-state index in [1.54, 1.807) is 31.2 Å². The van der Waals surface area contributed by atoms with E-state index in [9.17, 15) is 9.59 Å². The van der Waals surface area contributed by atoms with Gasteiger partial charge in [0.05, 0.1) is 0 Å². The van der Waals surface area contributed by atoms with E-state index in [2.05, 4.69) is 10.6 Å². The van der Waals surface area contributed by atoms with Crippen molar-refractivity contribution in [3.05, 3.63) is 24.3 Å². The zero-order valence-corrected chi connectivity index (χ0v) is 12.9. The van der Waals surface area contributed by atoms with Crippen LogP contribution in [0, 0.1) is 5.92 Å². The van der Waals surface area contributed by atoms with Crippen molar-refractivity contribution < 1.29 is 9.59 Å². The van der Waals surface area contributed by atoms with Crippen molar-refractivity contribution in [2.24, 2.45) is 11.7 Å². The van der Waals surface area contributed by atoms with Crippen LogP contribution in [-0.4, -0.2) is 17.9 Å². The van der Waals surface area contributed by atoms with Gasteiger partial charge in [-0.3, -0.25) is 9.59 Å². The van der Waals surface area contributed by atoms with Crippen LogP contribution in [0.4, 0.5) is 11.4 Å². The second kappa shape index (κ2) is 8.00. The summed E-state index contributed by atoms with van der Waals surface area (Å²) >= 11 is 0. The maximum Gasteiger partial charge on any atom is 0.227 e. The van der Waals surface area contributed by atoms with Gasteiger partial charge in [0.1, 0.15) is 0 Å². The number of nitrogens with one attached hydrogen (secondary N) is 2. The molecule has 5 nitrogen and oxygen atoms in total. The Hall–Kier alpha value is -1.59. The van der Waals surface area contributed by atoms with Gasteiger partial charge in [-0.05, 0) is 43.5 Å². The van der Waals surface area contributed by atoms with Gasteiger partial charge in [0.2, 0.25) is 11.8 Å². The summed E-state index contributed by atoms with van der Waals surface area (Å²) in [5.41, 5.74) is 7.29. The van der Waals surface area contributed by atoms with Crippen LogP contribution in [0.2, 0.25) is 0 Å². The lowest BCUT2D eigenvalue weighted by Crippen LogP contribution is -2.23. The molecule has 2 atom stereocenters. The maximum absolute atomic E-state index is 12.0. The van der Waals surface area contributed by atoms with Crippen LogP contribution in [0.25, 0.3) is 0 Å². The van der Waals surface area contributed by atoms with Crippen molar-refractivity contribution in [3.8, 4) is 0 Å². The van der Waals surface area contributed by atoms with Gasteiger partial charge < -0.3 is 16.4 Å². The van der Waals surface area contributed by atoms with Crippen molar-refractivity contribution in [2.75, 3.05) is 10.6 Å². The molecule has 1 aromatic rings. The fourth-order valence-corrected chi connectivity index (χ4v) is 2.39. The third-order valence-electron chi connectivity index (χ3n) is 3.60. The molecule has 1 aliphatic rings. The number of anilines is 2. The highest BCUT2D eigenvalue weighted by atomic mass is 35.5. The average Bonchev–Trinajstić information content (AvgIpc) is 2.87. The summed E-state index contributed by atoms with van der Waals surface area (Å²) < 4.78 is 0. The number of rotatable bonds is 4. The molecule has 0 radical (unpaired) electrons. The van der Waals surface area contributed by atoms with Gasteiger partial charge in [-0.2, -0.15) is 0 Å². The molecule has 6 heteroatoms. The first kappa shape index (κ1) is 17.5. The first-order chi connectivity index (χ1) is 9.58. The monoisotopic (exact) mass is 311 g/mol. The second-order valence-electron chi connectivity index (χ2n) is 5.24. The number of carbonyl (C=O) groups is 2. The minimum absolute atomic E-state index is 0. The average molecular weight is 312 g/mol. The Morgan fingerprint density at radius 3 is 2.19 bits per heavy atom. The van der Waals surface area contributed by atoms with Gasteiger partial charge in [0, 0.05) is 29.8 Å². The van der Waals surface area contributed by atoms with Crippen molar-refractivity contribution in [2.45, 2.75) is 38.6 Å². The topological polar surface area (TPSA) is 84.2 Å². The summed E-state index contributed by atoms with van der Waals surface area (Å²) in [7, 11) is 0. The molecule has 2 rings (SSSR count). The lowest BCUT2D eigenvalue weighted by Gasteiger charge is -2.11. The summed E-state index contributed by atoms with van der Waals surface area (Å²) in [4.78, 5) is 23.3. The van der Waals surface area contributed by atoms with Crippen molar-refractivity contribution in [3.63, 3.8) is 0 Å². The first-order valence-electron chi connectivity index (χ1n) is 7.05. The van der Waals surface area contributed by atoms with Gasteiger partial charge in [-0.25, -0.2) is 0 Å². The smallest absolute Gasteiger partial charge is 0.227 e. The highest BCUT2D eigenvalue weighted by Crippen LogP contribution is 2.25. The molecule has 1 aliphatic carbocycles. The first-order valence-corrected chi connectivity index (χ1v) is 7.05. The van der Waals surface area contributed by atoms with Crippen LogP contribution in [0.1, 0.15) is 32.6 Å². The molecular formula is C15H22ClN3O2. The molecule has 0 heterocycles. The molecule has 0 spiro atoms. The molecule has 0 saturated heterocycles. The lowest BCUT2D eigenvalue weighted by molar-refractivity contribution is -0.119. The second-order valence-corrected chi connectivity index (χ2v) is 5.24. The van der Waals surface area contributed by atoms with Crippen LogP contribution in [0.15, 0.2) is 24.3 Å². The zero-order valence-electron chi connectivity index (χ0n) is 12.1. The molecule has 4 N–H and O–H groups in total. The lowest BCUT2D eigenvalue weighted by atomic mass is 10.1. The molecule has 116 valence electrons. The fraction of sp³-hybridized carbons (Fsp3) is 0.467. The van der Waals surface area contributed by atoms with Crippen LogP contribution in [-0.2, 0) is 9.59 Å². The van der Waals surface area contributed by atoms with E-state index in [4.69, 9.17) is 5.73 Å². The molecule has 2 amide bonds. The van der Waals surface area contributed by atoms with E-state index < -0.39 is 0 Å². The van der Waals surface area contributed by atoms with Crippen molar-refractivity contribution in [1.29, 1.82) is 0 Å². The van der Waals surface area contributed by atoms with Gasteiger partial charge >= 0.3 is 0 Å². The van der Waals surface area contributed by atoms with Gasteiger partial charge in [-0.15, -0.1) is 12.4 Å². The molecule has 1 saturated carbocycles. The minimum atomic E-state index is -0.0262. The van der Waals surface area contributed by atoms with Crippen LogP contribution >= 0.6 is 12.4 Å². The number of hydrogen-bond donors (Lipinski definition) is 3. The molecule has 2 unspecified atom stereocenters. The molecule has 1 aromatic carbocycles. The van der Waals surface area contributed by atoms with Crippen LogP contribution < -0.4 is 16.4 Å². The third-order valence-corrected chi connectivity index (χ3v) is 3.60. The highest BCUT2D eigenvalue weighted by molar-refractivity contribution is 5.94. The van der Waals surface area contributed by atoms with E-state index in [0.717, 1.165) is 30.6 Å². The quantitative estimate of drug-likeness (QED) is 0.799. The van der Waals surface area contributed by atoms with Gasteiger partial charge in [0.25, 0.3) is 0 Å². The predicted octanol–water partition coefficient (Wildman–Crippen LogP) is 2.52. The summed E-state index contributed by atoms with van der Waals surface area (Å²) in [6.45, 7) is 1.80. The number of carbonyl (C=O) groups excluding carboxylic acids is 2. The number of nitrogens with two attached hydrogens (primary N) is 1. The Kier molecular flexibility index (Phi) is 6.65. The van der Waals surface area contributed by atoms with Crippen molar-refractivity contribution in [1.82, 2.24) is 0 Å². The summed E-state index contributed by atoms with van der Waals surface area (Å²) in [6, 6.07) is 7.29. The summed E-state index contributed by atoms with van der Waals surface area (Å²) in [5, 5.41) is 5.66. The predicted molar refractivity (Wildman–Crippen MR) is 86.6 cm³/mol.